The Morgan fingerprint density at radius 2 is 2.06 bits per heavy atom. The number of pyridine rings is 1. The van der Waals surface area contributed by atoms with Crippen LogP contribution in [0.4, 0.5) is 0 Å². The topological polar surface area (TPSA) is 50.2 Å². The van der Waals surface area contributed by atoms with Crippen molar-refractivity contribution >= 4 is 29.3 Å². The number of aromatic carboxylic acids is 1. The van der Waals surface area contributed by atoms with Crippen molar-refractivity contribution in [3.05, 3.63) is 58.7 Å². The Hall–Kier alpha value is -1.52. The van der Waals surface area contributed by atoms with Crippen LogP contribution in [-0.2, 0) is 5.75 Å². The van der Waals surface area contributed by atoms with Crippen molar-refractivity contribution in [3.63, 3.8) is 0 Å². The summed E-state index contributed by atoms with van der Waals surface area (Å²) in [5, 5.41) is 9.82. The van der Waals surface area contributed by atoms with Crippen LogP contribution < -0.4 is 0 Å². The maximum absolute atomic E-state index is 10.7. The molecule has 1 aromatic heterocycles. The number of carboxylic acid groups (broad SMARTS) is 1. The predicted octanol–water partition coefficient (Wildman–Crippen LogP) is 3.73. The van der Waals surface area contributed by atoms with E-state index in [2.05, 4.69) is 4.98 Å². The lowest BCUT2D eigenvalue weighted by molar-refractivity contribution is 0.0696. The number of aromatic nitrogens is 1. The summed E-state index contributed by atoms with van der Waals surface area (Å²) >= 11 is 7.48. The smallest absolute Gasteiger partial charge is 0.337 e. The molecule has 0 unspecified atom stereocenters. The quantitative estimate of drug-likeness (QED) is 0.867. The van der Waals surface area contributed by atoms with E-state index in [1.54, 1.807) is 0 Å². The van der Waals surface area contributed by atoms with Crippen molar-refractivity contribution in [1.82, 2.24) is 4.98 Å². The molecule has 18 heavy (non-hydrogen) atoms. The van der Waals surface area contributed by atoms with Gasteiger partial charge in [-0.05, 0) is 11.6 Å². The third-order valence-corrected chi connectivity index (χ3v) is 3.75. The molecule has 0 saturated carbocycles. The Labute approximate surface area is 114 Å². The highest BCUT2D eigenvalue weighted by Gasteiger charge is 2.08. The molecule has 0 amide bonds. The number of halogens is 1. The minimum Gasteiger partial charge on any atom is -0.478 e. The van der Waals surface area contributed by atoms with Gasteiger partial charge in [0, 0.05) is 11.9 Å². The van der Waals surface area contributed by atoms with E-state index in [-0.39, 0.29) is 5.56 Å². The first-order valence-corrected chi connectivity index (χ1v) is 6.59. The number of thioether (sulfide) groups is 1. The van der Waals surface area contributed by atoms with Crippen LogP contribution in [0.1, 0.15) is 15.9 Å². The van der Waals surface area contributed by atoms with Gasteiger partial charge in [-0.2, -0.15) is 0 Å². The lowest BCUT2D eigenvalue weighted by atomic mass is 10.2. The summed E-state index contributed by atoms with van der Waals surface area (Å²) in [4.78, 5) is 14.8. The molecule has 2 rings (SSSR count). The minimum atomic E-state index is -1.02. The van der Waals surface area contributed by atoms with E-state index < -0.39 is 5.97 Å². The van der Waals surface area contributed by atoms with Gasteiger partial charge in [0.15, 0.2) is 0 Å². The number of rotatable bonds is 4. The molecular weight excluding hydrogens is 270 g/mol. The fraction of sp³-hybridized carbons (Fsp3) is 0.0769. The van der Waals surface area contributed by atoms with Crippen LogP contribution in [0, 0.1) is 0 Å². The summed E-state index contributed by atoms with van der Waals surface area (Å²) in [5.74, 6) is -0.274. The fourth-order valence-electron chi connectivity index (χ4n) is 1.37. The molecule has 0 fully saturated rings. The molecule has 1 heterocycles. The Morgan fingerprint density at radius 1 is 1.33 bits per heavy atom. The average Bonchev–Trinajstić information content (AvgIpc) is 2.38. The second-order valence-corrected chi connectivity index (χ2v) is 4.96. The van der Waals surface area contributed by atoms with Gasteiger partial charge in [0.05, 0.1) is 10.6 Å². The maximum Gasteiger partial charge on any atom is 0.337 e. The van der Waals surface area contributed by atoms with E-state index in [0.29, 0.717) is 10.0 Å². The highest BCUT2D eigenvalue weighted by molar-refractivity contribution is 7.98. The van der Waals surface area contributed by atoms with E-state index in [4.69, 9.17) is 16.7 Å². The van der Waals surface area contributed by atoms with Crippen LogP contribution in [0.15, 0.2) is 47.6 Å². The Bertz CT molecular complexity index is 560. The molecule has 1 aromatic carbocycles. The Kier molecular flexibility index (Phi) is 4.23. The van der Waals surface area contributed by atoms with Crippen molar-refractivity contribution in [3.8, 4) is 0 Å². The number of hydrogen-bond donors (Lipinski definition) is 1. The van der Waals surface area contributed by atoms with Crippen LogP contribution >= 0.6 is 23.4 Å². The molecule has 2 aromatic rings. The number of nitrogens with zero attached hydrogens (tertiary/aromatic N) is 1. The third-order valence-electron chi connectivity index (χ3n) is 2.27. The highest BCUT2D eigenvalue weighted by Crippen LogP contribution is 2.28. The number of benzene rings is 1. The fourth-order valence-corrected chi connectivity index (χ4v) is 2.52. The Balaban J connectivity index is 2.08. The van der Waals surface area contributed by atoms with Gasteiger partial charge in [-0.25, -0.2) is 9.78 Å². The van der Waals surface area contributed by atoms with Gasteiger partial charge in [0.1, 0.15) is 5.03 Å². The standard InChI is InChI=1S/C13H10ClNO2S/c14-11-6-10(13(16)17)7-15-12(11)18-8-9-4-2-1-3-5-9/h1-7H,8H2,(H,16,17). The highest BCUT2D eigenvalue weighted by atomic mass is 35.5. The molecule has 5 heteroatoms. The summed E-state index contributed by atoms with van der Waals surface area (Å²) in [5.41, 5.74) is 1.27. The van der Waals surface area contributed by atoms with Crippen molar-refractivity contribution in [2.45, 2.75) is 10.8 Å². The van der Waals surface area contributed by atoms with Crippen molar-refractivity contribution in [1.29, 1.82) is 0 Å². The van der Waals surface area contributed by atoms with Crippen molar-refractivity contribution in [2.24, 2.45) is 0 Å². The monoisotopic (exact) mass is 279 g/mol. The van der Waals surface area contributed by atoms with Crippen LogP contribution in [-0.4, -0.2) is 16.1 Å². The molecule has 0 radical (unpaired) electrons. The summed E-state index contributed by atoms with van der Waals surface area (Å²) < 4.78 is 0. The van der Waals surface area contributed by atoms with Crippen LogP contribution in [0.25, 0.3) is 0 Å². The minimum absolute atomic E-state index is 0.101. The molecule has 0 aliphatic heterocycles. The zero-order valence-corrected chi connectivity index (χ0v) is 10.9. The predicted molar refractivity (Wildman–Crippen MR) is 72.2 cm³/mol. The normalized spacial score (nSPS) is 10.3. The summed E-state index contributed by atoms with van der Waals surface area (Å²) in [6.07, 6.45) is 1.32. The van der Waals surface area contributed by atoms with Gasteiger partial charge in [-0.15, -0.1) is 11.8 Å². The molecule has 0 atom stereocenters. The zero-order chi connectivity index (χ0) is 13.0. The number of carbonyl (C=O) groups is 1. The summed E-state index contributed by atoms with van der Waals surface area (Å²) in [6, 6.07) is 11.4. The first-order chi connectivity index (χ1) is 8.66. The van der Waals surface area contributed by atoms with E-state index in [1.807, 2.05) is 30.3 Å². The van der Waals surface area contributed by atoms with Gasteiger partial charge in [-0.1, -0.05) is 41.9 Å². The van der Waals surface area contributed by atoms with E-state index in [9.17, 15) is 4.79 Å². The molecule has 0 aliphatic carbocycles. The molecular formula is C13H10ClNO2S. The molecule has 3 nitrogen and oxygen atoms in total. The summed E-state index contributed by atoms with van der Waals surface area (Å²) in [6.45, 7) is 0. The first kappa shape index (κ1) is 12.9. The largest absolute Gasteiger partial charge is 0.478 e. The average molecular weight is 280 g/mol. The SMILES string of the molecule is O=C(O)c1cnc(SCc2ccccc2)c(Cl)c1. The van der Waals surface area contributed by atoms with E-state index in [0.717, 1.165) is 5.75 Å². The Morgan fingerprint density at radius 3 is 2.67 bits per heavy atom. The second-order valence-electron chi connectivity index (χ2n) is 3.59. The molecule has 92 valence electrons. The third kappa shape index (κ3) is 3.24. The van der Waals surface area contributed by atoms with Crippen molar-refractivity contribution < 1.29 is 9.90 Å². The van der Waals surface area contributed by atoms with Gasteiger partial charge >= 0.3 is 5.97 Å². The van der Waals surface area contributed by atoms with E-state index in [1.165, 1.54) is 29.6 Å². The first-order valence-electron chi connectivity index (χ1n) is 5.22. The van der Waals surface area contributed by atoms with Crippen LogP contribution in [0.2, 0.25) is 5.02 Å². The molecule has 1 N–H and O–H groups in total. The lowest BCUT2D eigenvalue weighted by Gasteiger charge is -2.04. The second kappa shape index (κ2) is 5.89. The number of hydrogen-bond acceptors (Lipinski definition) is 3. The summed E-state index contributed by atoms with van der Waals surface area (Å²) in [7, 11) is 0. The molecule has 0 saturated heterocycles. The van der Waals surface area contributed by atoms with Crippen LogP contribution in [0.5, 0.6) is 0 Å². The molecule has 0 spiro atoms. The number of carboxylic acids is 1. The van der Waals surface area contributed by atoms with Crippen LogP contribution in [0.3, 0.4) is 0 Å². The van der Waals surface area contributed by atoms with Gasteiger partial charge in [-0.3, -0.25) is 0 Å². The van der Waals surface area contributed by atoms with Gasteiger partial charge < -0.3 is 5.11 Å². The lowest BCUT2D eigenvalue weighted by Crippen LogP contribution is -1.97. The van der Waals surface area contributed by atoms with E-state index >= 15 is 0 Å². The maximum atomic E-state index is 10.7. The molecule has 0 bridgehead atoms. The van der Waals surface area contributed by atoms with Gasteiger partial charge in [0.2, 0.25) is 0 Å². The molecule has 0 aliphatic rings. The van der Waals surface area contributed by atoms with Crippen molar-refractivity contribution in [2.75, 3.05) is 0 Å². The van der Waals surface area contributed by atoms with Gasteiger partial charge in [0.25, 0.3) is 0 Å². The zero-order valence-electron chi connectivity index (χ0n) is 9.34.